The van der Waals surface area contributed by atoms with Crippen molar-refractivity contribution in [1.29, 1.82) is 0 Å². The molecule has 2 aromatic rings. The molecule has 6 nitrogen and oxygen atoms in total. The van der Waals surface area contributed by atoms with Gasteiger partial charge < -0.3 is 20.3 Å². The van der Waals surface area contributed by atoms with E-state index in [4.69, 9.17) is 9.84 Å². The van der Waals surface area contributed by atoms with E-state index in [0.29, 0.717) is 17.4 Å². The molecule has 0 saturated carbocycles. The van der Waals surface area contributed by atoms with Gasteiger partial charge >= 0.3 is 0 Å². The number of hydrogen-bond acceptors (Lipinski definition) is 5. The van der Waals surface area contributed by atoms with Crippen LogP contribution in [0.2, 0.25) is 0 Å². The summed E-state index contributed by atoms with van der Waals surface area (Å²) in [5.74, 6) is -2.83. The van der Waals surface area contributed by atoms with Crippen LogP contribution in [0.4, 0.5) is 8.78 Å². The zero-order chi connectivity index (χ0) is 20.6. The topological polar surface area (TPSA) is 95.9 Å². The van der Waals surface area contributed by atoms with Gasteiger partial charge in [0.2, 0.25) is 0 Å². The minimum atomic E-state index is -1.22. The highest BCUT2D eigenvalue weighted by Gasteiger charge is 2.44. The Hall–Kier alpha value is -2.84. The highest BCUT2D eigenvalue weighted by atomic mass is 19.1. The zero-order valence-electron chi connectivity index (χ0n) is 15.2. The van der Waals surface area contributed by atoms with Crippen LogP contribution >= 0.6 is 0 Å². The Labute approximate surface area is 159 Å². The second kappa shape index (κ2) is 7.29. The van der Waals surface area contributed by atoms with E-state index in [1.165, 1.54) is 18.2 Å². The van der Waals surface area contributed by atoms with Gasteiger partial charge in [0.25, 0.3) is 5.91 Å². The quantitative estimate of drug-likeness (QED) is 0.694. The largest absolute Gasteiger partial charge is 0.485 e. The molecule has 2 aromatic carbocycles. The van der Waals surface area contributed by atoms with Gasteiger partial charge in [0, 0.05) is 22.8 Å². The first kappa shape index (κ1) is 19.9. The number of amides is 1. The Morgan fingerprint density at radius 3 is 2.36 bits per heavy atom. The van der Waals surface area contributed by atoms with Crippen LogP contribution in [0.15, 0.2) is 36.4 Å². The summed E-state index contributed by atoms with van der Waals surface area (Å²) in [6, 6.07) is 5.76. The number of aliphatic hydroxyl groups excluding tert-OH is 2. The molecule has 28 heavy (non-hydrogen) atoms. The maximum Gasteiger partial charge on any atom is 0.252 e. The van der Waals surface area contributed by atoms with Crippen LogP contribution in [0.1, 0.15) is 46.2 Å². The lowest BCUT2D eigenvalue weighted by Gasteiger charge is -2.42. The number of carbonyl (C=O) groups excluding carboxylic acids is 2. The average Bonchev–Trinajstić information content (AvgIpc) is 2.63. The van der Waals surface area contributed by atoms with Crippen LogP contribution in [0.25, 0.3) is 0 Å². The SMILES string of the molecule is CC1(C)Oc2ccc(C(=O)CO)cc2[C@H](NC(=O)c2cc(F)cc(F)c2)[C@H]1O. The van der Waals surface area contributed by atoms with Gasteiger partial charge in [0.05, 0.1) is 6.04 Å². The number of rotatable bonds is 4. The molecule has 0 aliphatic carbocycles. The smallest absolute Gasteiger partial charge is 0.252 e. The number of nitrogens with one attached hydrogen (secondary N) is 1. The third kappa shape index (κ3) is 3.74. The molecular weight excluding hydrogens is 372 g/mol. The van der Waals surface area contributed by atoms with E-state index in [0.717, 1.165) is 12.1 Å². The standard InChI is InChI=1S/C20H19F2NO5/c1-20(2)18(26)17(23-19(27)11-5-12(21)8-13(22)6-11)14-7-10(15(25)9-24)3-4-16(14)28-20/h3-8,17-18,24,26H,9H2,1-2H3,(H,23,27)/t17-,18+/m0/s1. The van der Waals surface area contributed by atoms with Gasteiger partial charge in [0.15, 0.2) is 5.78 Å². The van der Waals surface area contributed by atoms with E-state index in [9.17, 15) is 23.5 Å². The normalized spacial score (nSPS) is 20.1. The number of ether oxygens (including phenoxy) is 1. The Balaban J connectivity index is 2.01. The van der Waals surface area contributed by atoms with Crippen LogP contribution in [0.3, 0.4) is 0 Å². The molecule has 1 amide bonds. The summed E-state index contributed by atoms with van der Waals surface area (Å²) in [6.45, 7) is 2.54. The molecule has 0 saturated heterocycles. The number of hydrogen-bond donors (Lipinski definition) is 3. The van der Waals surface area contributed by atoms with Gasteiger partial charge in [-0.25, -0.2) is 8.78 Å². The number of carbonyl (C=O) groups is 2. The van der Waals surface area contributed by atoms with E-state index in [1.54, 1.807) is 13.8 Å². The van der Waals surface area contributed by atoms with Crippen LogP contribution < -0.4 is 10.1 Å². The molecule has 0 unspecified atom stereocenters. The van der Waals surface area contributed by atoms with Crippen molar-refractivity contribution in [3.05, 3.63) is 64.7 Å². The maximum absolute atomic E-state index is 13.4. The van der Waals surface area contributed by atoms with Gasteiger partial charge in [-0.1, -0.05) is 0 Å². The lowest BCUT2D eigenvalue weighted by Crippen LogP contribution is -2.53. The lowest BCUT2D eigenvalue weighted by molar-refractivity contribution is -0.0627. The summed E-state index contributed by atoms with van der Waals surface area (Å²) >= 11 is 0. The van der Waals surface area contributed by atoms with Crippen molar-refractivity contribution < 1.29 is 33.3 Å². The second-order valence-electron chi connectivity index (χ2n) is 7.09. The van der Waals surface area contributed by atoms with Crippen molar-refractivity contribution in [2.45, 2.75) is 31.6 Å². The monoisotopic (exact) mass is 391 g/mol. The molecule has 2 atom stereocenters. The predicted molar refractivity (Wildman–Crippen MR) is 95.1 cm³/mol. The number of benzene rings is 2. The first-order valence-electron chi connectivity index (χ1n) is 8.54. The summed E-state index contributed by atoms with van der Waals surface area (Å²) in [5, 5.41) is 22.3. The van der Waals surface area contributed by atoms with Gasteiger partial charge in [-0.05, 0) is 44.2 Å². The van der Waals surface area contributed by atoms with Crippen molar-refractivity contribution in [3.8, 4) is 5.75 Å². The molecule has 3 N–H and O–H groups in total. The summed E-state index contributed by atoms with van der Waals surface area (Å²) < 4.78 is 32.6. The molecule has 0 spiro atoms. The Morgan fingerprint density at radius 1 is 1.11 bits per heavy atom. The van der Waals surface area contributed by atoms with E-state index in [1.807, 2.05) is 0 Å². The minimum Gasteiger partial charge on any atom is -0.485 e. The van der Waals surface area contributed by atoms with Crippen molar-refractivity contribution in [1.82, 2.24) is 5.32 Å². The highest BCUT2D eigenvalue weighted by molar-refractivity contribution is 5.97. The van der Waals surface area contributed by atoms with Gasteiger partial charge in [0.1, 0.15) is 35.7 Å². The molecule has 1 aliphatic rings. The molecule has 0 bridgehead atoms. The molecule has 1 aliphatic heterocycles. The zero-order valence-corrected chi connectivity index (χ0v) is 15.2. The van der Waals surface area contributed by atoms with Gasteiger partial charge in [-0.3, -0.25) is 9.59 Å². The van der Waals surface area contributed by atoms with Gasteiger partial charge in [-0.15, -0.1) is 0 Å². The molecule has 1 heterocycles. The van der Waals surface area contributed by atoms with Crippen molar-refractivity contribution in [2.24, 2.45) is 0 Å². The summed E-state index contributed by atoms with van der Waals surface area (Å²) in [5.41, 5.74) is -0.844. The van der Waals surface area contributed by atoms with Gasteiger partial charge in [-0.2, -0.15) is 0 Å². The lowest BCUT2D eigenvalue weighted by atomic mass is 9.85. The first-order valence-corrected chi connectivity index (χ1v) is 8.54. The summed E-state index contributed by atoms with van der Waals surface area (Å²) in [6.07, 6.45) is -1.22. The number of halogens is 2. The van der Waals surface area contributed by atoms with Crippen LogP contribution in [0.5, 0.6) is 5.75 Å². The predicted octanol–water partition coefficient (Wildman–Crippen LogP) is 2.14. The maximum atomic E-state index is 13.4. The van der Waals surface area contributed by atoms with Crippen LogP contribution in [0, 0.1) is 11.6 Å². The Kier molecular flexibility index (Phi) is 5.18. The average molecular weight is 391 g/mol. The molecule has 0 aromatic heterocycles. The van der Waals surface area contributed by atoms with E-state index in [2.05, 4.69) is 5.32 Å². The van der Waals surface area contributed by atoms with Crippen molar-refractivity contribution >= 4 is 11.7 Å². The van der Waals surface area contributed by atoms with Crippen molar-refractivity contribution in [2.75, 3.05) is 6.61 Å². The molecular formula is C20H19F2NO5. The third-order valence-electron chi connectivity index (χ3n) is 4.62. The fourth-order valence-corrected chi connectivity index (χ4v) is 3.13. The number of ketones is 1. The third-order valence-corrected chi connectivity index (χ3v) is 4.62. The molecule has 3 rings (SSSR count). The molecule has 8 heteroatoms. The number of aliphatic hydroxyl groups is 2. The van der Waals surface area contributed by atoms with Crippen molar-refractivity contribution in [3.63, 3.8) is 0 Å². The molecule has 0 fully saturated rings. The first-order chi connectivity index (χ1) is 13.1. The minimum absolute atomic E-state index is 0.174. The number of fused-ring (bicyclic) bond motifs is 1. The fourth-order valence-electron chi connectivity index (χ4n) is 3.13. The van der Waals surface area contributed by atoms with Crippen LogP contribution in [-0.4, -0.2) is 40.2 Å². The summed E-state index contributed by atoms with van der Waals surface area (Å²) in [7, 11) is 0. The highest BCUT2D eigenvalue weighted by Crippen LogP contribution is 2.40. The van der Waals surface area contributed by atoms with E-state index >= 15 is 0 Å². The Bertz CT molecular complexity index is 924. The molecule has 148 valence electrons. The number of Topliss-reactive ketones (excluding diaryl/α,β-unsaturated/α-hetero) is 1. The summed E-state index contributed by atoms with van der Waals surface area (Å²) in [4.78, 5) is 24.4. The van der Waals surface area contributed by atoms with Crippen LogP contribution in [-0.2, 0) is 0 Å². The van der Waals surface area contributed by atoms with E-state index < -0.39 is 47.7 Å². The second-order valence-corrected chi connectivity index (χ2v) is 7.09. The van der Waals surface area contributed by atoms with E-state index in [-0.39, 0.29) is 11.1 Å². The fraction of sp³-hybridized carbons (Fsp3) is 0.300. The molecule has 0 radical (unpaired) electrons. The Morgan fingerprint density at radius 2 is 1.75 bits per heavy atom.